The van der Waals surface area contributed by atoms with Gasteiger partial charge in [-0.15, -0.1) is 0 Å². The Morgan fingerprint density at radius 1 is 1.33 bits per heavy atom. The molecule has 0 aliphatic carbocycles. The van der Waals surface area contributed by atoms with Crippen LogP contribution < -0.4 is 5.73 Å². The number of likely N-dealkylation sites (tertiary alicyclic amines) is 1. The van der Waals surface area contributed by atoms with Crippen LogP contribution in [-0.4, -0.2) is 67.8 Å². The first kappa shape index (κ1) is 15.9. The summed E-state index contributed by atoms with van der Waals surface area (Å²) in [6, 6.07) is 0.441. The van der Waals surface area contributed by atoms with Crippen LogP contribution in [0.4, 0.5) is 0 Å². The van der Waals surface area contributed by atoms with Crippen molar-refractivity contribution in [3.8, 4) is 0 Å². The average molecular weight is 257 g/mol. The van der Waals surface area contributed by atoms with Gasteiger partial charge in [-0.1, -0.05) is 13.8 Å². The van der Waals surface area contributed by atoms with E-state index in [0.717, 1.165) is 26.2 Å². The molecule has 0 spiro atoms. The smallest absolute Gasteiger partial charge is 0.0615 e. The molecule has 4 heteroatoms. The molecule has 1 atom stereocenters. The molecule has 0 amide bonds. The second-order valence-electron chi connectivity index (χ2n) is 5.45. The fourth-order valence-corrected chi connectivity index (χ4v) is 3.34. The third-order valence-corrected chi connectivity index (χ3v) is 4.50. The highest BCUT2D eigenvalue weighted by Gasteiger charge is 2.39. The Hall–Kier alpha value is -0.160. The summed E-state index contributed by atoms with van der Waals surface area (Å²) in [4.78, 5) is 5.08. The van der Waals surface area contributed by atoms with E-state index in [9.17, 15) is 0 Å². The van der Waals surface area contributed by atoms with E-state index < -0.39 is 0 Å². The molecule has 0 bridgehead atoms. The summed E-state index contributed by atoms with van der Waals surface area (Å²) in [5.74, 6) is 0. The van der Waals surface area contributed by atoms with Gasteiger partial charge in [0.2, 0.25) is 0 Å². The van der Waals surface area contributed by atoms with Crippen LogP contribution in [0.15, 0.2) is 0 Å². The fraction of sp³-hybridized carbons (Fsp3) is 1.00. The summed E-state index contributed by atoms with van der Waals surface area (Å²) in [6.45, 7) is 12.8. The maximum atomic E-state index is 6.13. The Morgan fingerprint density at radius 2 is 1.94 bits per heavy atom. The minimum Gasteiger partial charge on any atom is -0.383 e. The second kappa shape index (κ2) is 7.43. The van der Waals surface area contributed by atoms with Crippen LogP contribution in [0.25, 0.3) is 0 Å². The molecule has 4 nitrogen and oxygen atoms in total. The first-order valence-corrected chi connectivity index (χ1v) is 7.31. The molecular weight excluding hydrogens is 226 g/mol. The number of likely N-dealkylation sites (N-methyl/N-ethyl adjacent to an activating group) is 1. The Bertz CT molecular complexity index is 227. The van der Waals surface area contributed by atoms with E-state index in [1.54, 1.807) is 7.11 Å². The maximum absolute atomic E-state index is 6.13. The number of methoxy groups -OCH3 is 1. The second-order valence-corrected chi connectivity index (χ2v) is 5.45. The topological polar surface area (TPSA) is 41.7 Å². The predicted molar refractivity (Wildman–Crippen MR) is 76.9 cm³/mol. The molecule has 1 unspecified atom stereocenters. The molecule has 2 N–H and O–H groups in total. The molecule has 0 aromatic carbocycles. The van der Waals surface area contributed by atoms with Gasteiger partial charge in [-0.2, -0.15) is 0 Å². The molecule has 0 aromatic rings. The lowest BCUT2D eigenvalue weighted by molar-refractivity contribution is -0.0165. The summed E-state index contributed by atoms with van der Waals surface area (Å²) in [6.07, 6.45) is 2.36. The van der Waals surface area contributed by atoms with Crippen LogP contribution >= 0.6 is 0 Å². The molecule has 0 saturated carbocycles. The van der Waals surface area contributed by atoms with E-state index in [0.29, 0.717) is 6.04 Å². The molecule has 1 aliphatic heterocycles. The molecular formula is C14H31N3O. The van der Waals surface area contributed by atoms with Gasteiger partial charge in [0.15, 0.2) is 0 Å². The normalized spacial score (nSPS) is 22.3. The first-order chi connectivity index (χ1) is 8.63. The van der Waals surface area contributed by atoms with Crippen LogP contribution in [0.1, 0.15) is 33.6 Å². The number of ether oxygens (including phenoxy) is 1. The Morgan fingerprint density at radius 3 is 2.33 bits per heavy atom. The van der Waals surface area contributed by atoms with Gasteiger partial charge in [-0.05, 0) is 45.9 Å². The molecule has 1 saturated heterocycles. The molecule has 0 radical (unpaired) electrons. The number of hydrogen-bond donors (Lipinski definition) is 1. The lowest BCUT2D eigenvalue weighted by Crippen LogP contribution is -2.62. The van der Waals surface area contributed by atoms with E-state index in [1.807, 2.05) is 0 Å². The lowest BCUT2D eigenvalue weighted by Gasteiger charge is -2.50. The van der Waals surface area contributed by atoms with E-state index in [4.69, 9.17) is 10.5 Å². The number of piperidine rings is 1. The summed E-state index contributed by atoms with van der Waals surface area (Å²) < 4.78 is 5.32. The van der Waals surface area contributed by atoms with Crippen LogP contribution in [0.2, 0.25) is 0 Å². The molecule has 1 heterocycles. The molecule has 1 fully saturated rings. The zero-order valence-corrected chi connectivity index (χ0v) is 12.6. The van der Waals surface area contributed by atoms with Crippen LogP contribution in [0.5, 0.6) is 0 Å². The summed E-state index contributed by atoms with van der Waals surface area (Å²) in [7, 11) is 1.78. The van der Waals surface area contributed by atoms with Gasteiger partial charge in [0.1, 0.15) is 0 Å². The quantitative estimate of drug-likeness (QED) is 0.743. The summed E-state index contributed by atoms with van der Waals surface area (Å²) in [5, 5.41) is 0. The van der Waals surface area contributed by atoms with Crippen LogP contribution in [0, 0.1) is 0 Å². The van der Waals surface area contributed by atoms with Crippen molar-refractivity contribution in [2.45, 2.75) is 45.2 Å². The zero-order valence-electron chi connectivity index (χ0n) is 12.6. The van der Waals surface area contributed by atoms with Crippen molar-refractivity contribution in [3.63, 3.8) is 0 Å². The summed E-state index contributed by atoms with van der Waals surface area (Å²) >= 11 is 0. The monoisotopic (exact) mass is 257 g/mol. The first-order valence-electron chi connectivity index (χ1n) is 7.31. The van der Waals surface area contributed by atoms with Crippen molar-refractivity contribution >= 4 is 0 Å². The Kier molecular flexibility index (Phi) is 6.57. The number of hydrogen-bond acceptors (Lipinski definition) is 4. The Balaban J connectivity index is 2.73. The van der Waals surface area contributed by atoms with Gasteiger partial charge >= 0.3 is 0 Å². The van der Waals surface area contributed by atoms with Crippen molar-refractivity contribution in [2.24, 2.45) is 5.73 Å². The third kappa shape index (κ3) is 3.44. The van der Waals surface area contributed by atoms with Gasteiger partial charge in [0, 0.05) is 25.2 Å². The van der Waals surface area contributed by atoms with Crippen molar-refractivity contribution in [1.82, 2.24) is 9.80 Å². The van der Waals surface area contributed by atoms with Gasteiger partial charge in [-0.25, -0.2) is 0 Å². The maximum Gasteiger partial charge on any atom is 0.0615 e. The van der Waals surface area contributed by atoms with E-state index >= 15 is 0 Å². The van der Waals surface area contributed by atoms with E-state index in [2.05, 4.69) is 30.6 Å². The highest BCUT2D eigenvalue weighted by atomic mass is 16.5. The van der Waals surface area contributed by atoms with Gasteiger partial charge in [0.05, 0.1) is 6.61 Å². The lowest BCUT2D eigenvalue weighted by atomic mass is 9.84. The number of nitrogens with zero attached hydrogens (tertiary/aromatic N) is 2. The SMILES string of the molecule is CCN1CCC(CN)(N(CC)C(C)COC)CC1. The molecule has 108 valence electrons. The number of rotatable bonds is 7. The van der Waals surface area contributed by atoms with E-state index in [-0.39, 0.29) is 5.54 Å². The number of nitrogens with two attached hydrogens (primary N) is 1. The van der Waals surface area contributed by atoms with Crippen LogP contribution in [0.3, 0.4) is 0 Å². The van der Waals surface area contributed by atoms with Gasteiger partial charge in [-0.3, -0.25) is 4.90 Å². The molecule has 0 aromatic heterocycles. The van der Waals surface area contributed by atoms with Crippen molar-refractivity contribution < 1.29 is 4.74 Å². The van der Waals surface area contributed by atoms with E-state index in [1.165, 1.54) is 25.9 Å². The van der Waals surface area contributed by atoms with Crippen molar-refractivity contribution in [3.05, 3.63) is 0 Å². The van der Waals surface area contributed by atoms with Crippen molar-refractivity contribution in [2.75, 3.05) is 46.4 Å². The van der Waals surface area contributed by atoms with Crippen molar-refractivity contribution in [1.29, 1.82) is 0 Å². The highest BCUT2D eigenvalue weighted by Crippen LogP contribution is 2.29. The average Bonchev–Trinajstić information content (AvgIpc) is 2.40. The highest BCUT2D eigenvalue weighted by molar-refractivity contribution is 4.97. The summed E-state index contributed by atoms with van der Waals surface area (Å²) in [5.41, 5.74) is 6.31. The zero-order chi connectivity index (χ0) is 13.6. The standard InChI is InChI=1S/C14H31N3O/c1-5-16-9-7-14(12-15,8-10-16)17(6-2)13(3)11-18-4/h13H,5-12,15H2,1-4H3. The molecule has 1 rings (SSSR count). The van der Waals surface area contributed by atoms with Gasteiger partial charge < -0.3 is 15.4 Å². The minimum atomic E-state index is 0.179. The minimum absolute atomic E-state index is 0.179. The third-order valence-electron chi connectivity index (χ3n) is 4.50. The van der Waals surface area contributed by atoms with Crippen LogP contribution in [-0.2, 0) is 4.74 Å². The Labute approximate surface area is 112 Å². The predicted octanol–water partition coefficient (Wildman–Crippen LogP) is 1.16. The molecule has 18 heavy (non-hydrogen) atoms. The van der Waals surface area contributed by atoms with Gasteiger partial charge in [0.25, 0.3) is 0 Å². The fourth-order valence-electron chi connectivity index (χ4n) is 3.34. The molecule has 1 aliphatic rings. The largest absolute Gasteiger partial charge is 0.383 e.